The van der Waals surface area contributed by atoms with Crippen molar-refractivity contribution in [3.63, 3.8) is 0 Å². The van der Waals surface area contributed by atoms with Crippen molar-refractivity contribution in [1.82, 2.24) is 0 Å². The van der Waals surface area contributed by atoms with E-state index in [1.807, 2.05) is 12.2 Å². The van der Waals surface area contributed by atoms with Gasteiger partial charge in [0.25, 0.3) is 5.91 Å². The quantitative estimate of drug-likeness (QED) is 0.396. The van der Waals surface area contributed by atoms with Crippen LogP contribution in [0.1, 0.15) is 22.3 Å². The minimum absolute atomic E-state index is 0.00949. The SMILES string of the molecule is O=C(COC(=O)c1cccc(N2C(=O)[C@@H]3[C@H](C2=O)[C@H]2C=C[C@H]3C2)c1)Nc1ccccc1C(F)(F)F. The average Bonchev–Trinajstić information content (AvgIpc) is 3.51. The molecule has 3 amide bonds. The number of amides is 3. The Kier molecular flexibility index (Phi) is 5.46. The number of fused-ring (bicyclic) bond motifs is 5. The number of nitrogens with zero attached hydrogens (tertiary/aromatic N) is 1. The van der Waals surface area contributed by atoms with Gasteiger partial charge in [-0.1, -0.05) is 30.4 Å². The van der Waals surface area contributed by atoms with Gasteiger partial charge in [-0.2, -0.15) is 13.2 Å². The molecule has 0 unspecified atom stereocenters. The Bertz CT molecular complexity index is 1240. The highest BCUT2D eigenvalue weighted by Crippen LogP contribution is 2.53. The fourth-order valence-electron chi connectivity index (χ4n) is 5.17. The number of nitrogens with one attached hydrogen (secondary N) is 1. The third-order valence-electron chi connectivity index (χ3n) is 6.65. The summed E-state index contributed by atoms with van der Waals surface area (Å²) in [4.78, 5) is 51.6. The maximum Gasteiger partial charge on any atom is 0.418 e. The fraction of sp³-hybridized carbons (Fsp3) is 0.280. The summed E-state index contributed by atoms with van der Waals surface area (Å²) in [6.45, 7) is -0.823. The maximum absolute atomic E-state index is 13.1. The molecule has 0 spiro atoms. The molecular weight excluding hydrogens is 465 g/mol. The molecule has 10 heteroatoms. The molecule has 0 aromatic heterocycles. The summed E-state index contributed by atoms with van der Waals surface area (Å²) in [5, 5.41) is 2.09. The van der Waals surface area contributed by atoms with Gasteiger partial charge < -0.3 is 10.1 Å². The maximum atomic E-state index is 13.1. The Morgan fingerprint density at radius 3 is 2.29 bits per heavy atom. The van der Waals surface area contributed by atoms with Crippen molar-refractivity contribution in [1.29, 1.82) is 0 Å². The monoisotopic (exact) mass is 484 g/mol. The molecule has 3 aliphatic rings. The molecule has 0 radical (unpaired) electrons. The normalized spacial score (nSPS) is 24.6. The number of allylic oxidation sites excluding steroid dienone is 2. The van der Waals surface area contributed by atoms with Crippen LogP contribution in [0.25, 0.3) is 0 Å². The van der Waals surface area contributed by atoms with Gasteiger partial charge in [-0.15, -0.1) is 0 Å². The molecule has 1 aliphatic heterocycles. The van der Waals surface area contributed by atoms with Crippen LogP contribution >= 0.6 is 0 Å². The summed E-state index contributed by atoms with van der Waals surface area (Å²) in [6, 6.07) is 10.2. The zero-order valence-electron chi connectivity index (χ0n) is 18.1. The Labute approximate surface area is 197 Å². The van der Waals surface area contributed by atoms with Crippen molar-refractivity contribution >= 4 is 35.1 Å². The van der Waals surface area contributed by atoms with Crippen LogP contribution in [0.15, 0.2) is 60.7 Å². The lowest BCUT2D eigenvalue weighted by molar-refractivity contribution is -0.137. The molecule has 180 valence electrons. The third kappa shape index (κ3) is 3.98. The summed E-state index contributed by atoms with van der Waals surface area (Å²) in [6.07, 6.45) is 0.0843. The number of carbonyl (C=O) groups is 4. The van der Waals surface area contributed by atoms with Crippen LogP contribution in [0.4, 0.5) is 24.5 Å². The number of hydrogen-bond acceptors (Lipinski definition) is 5. The van der Waals surface area contributed by atoms with Gasteiger partial charge in [-0.3, -0.25) is 14.4 Å². The first kappa shape index (κ1) is 22.8. The molecule has 5 rings (SSSR count). The van der Waals surface area contributed by atoms with Crippen molar-refractivity contribution in [2.45, 2.75) is 12.6 Å². The van der Waals surface area contributed by atoms with Crippen molar-refractivity contribution in [2.75, 3.05) is 16.8 Å². The van der Waals surface area contributed by atoms with E-state index in [1.54, 1.807) is 0 Å². The lowest BCUT2D eigenvalue weighted by atomic mass is 9.85. The summed E-state index contributed by atoms with van der Waals surface area (Å²) in [5.74, 6) is -3.18. The van der Waals surface area contributed by atoms with E-state index >= 15 is 0 Å². The first-order valence-corrected chi connectivity index (χ1v) is 10.9. The molecule has 4 atom stereocenters. The Morgan fingerprint density at radius 2 is 1.63 bits per heavy atom. The number of anilines is 2. The van der Waals surface area contributed by atoms with E-state index in [2.05, 4.69) is 5.32 Å². The molecular formula is C25H19F3N2O5. The highest BCUT2D eigenvalue weighted by molar-refractivity contribution is 6.23. The molecule has 7 nitrogen and oxygen atoms in total. The number of rotatable bonds is 5. The van der Waals surface area contributed by atoms with Crippen molar-refractivity contribution in [3.05, 3.63) is 71.8 Å². The number of para-hydroxylation sites is 1. The van der Waals surface area contributed by atoms with Gasteiger partial charge in [-0.25, -0.2) is 9.69 Å². The number of hydrogen-bond donors (Lipinski definition) is 1. The summed E-state index contributed by atoms with van der Waals surface area (Å²) >= 11 is 0. The summed E-state index contributed by atoms with van der Waals surface area (Å²) in [5.41, 5.74) is -1.26. The first-order chi connectivity index (χ1) is 16.6. The predicted octanol–water partition coefficient (Wildman–Crippen LogP) is 3.81. The third-order valence-corrected chi connectivity index (χ3v) is 6.65. The van der Waals surface area contributed by atoms with E-state index in [0.717, 1.165) is 23.5 Å². The zero-order valence-corrected chi connectivity index (χ0v) is 18.1. The van der Waals surface area contributed by atoms with Crippen LogP contribution in [0, 0.1) is 23.7 Å². The van der Waals surface area contributed by atoms with Crippen LogP contribution in [0.3, 0.4) is 0 Å². The van der Waals surface area contributed by atoms with Crippen LogP contribution < -0.4 is 10.2 Å². The van der Waals surface area contributed by atoms with Gasteiger partial charge in [0.1, 0.15) is 0 Å². The lowest BCUT2D eigenvalue weighted by Crippen LogP contribution is -2.33. The van der Waals surface area contributed by atoms with Gasteiger partial charge in [-0.05, 0) is 48.6 Å². The van der Waals surface area contributed by atoms with Gasteiger partial charge in [0.15, 0.2) is 6.61 Å². The number of esters is 1. The van der Waals surface area contributed by atoms with E-state index in [-0.39, 0.29) is 34.9 Å². The number of alkyl halides is 3. The second-order valence-corrected chi connectivity index (χ2v) is 8.73. The summed E-state index contributed by atoms with van der Waals surface area (Å²) < 4.78 is 44.2. The molecule has 1 saturated heterocycles. The minimum Gasteiger partial charge on any atom is -0.452 e. The Morgan fingerprint density at radius 1 is 0.971 bits per heavy atom. The van der Waals surface area contributed by atoms with Gasteiger partial charge in [0.05, 0.1) is 34.3 Å². The number of halogens is 3. The Balaban J connectivity index is 1.25. The molecule has 2 aliphatic carbocycles. The number of benzene rings is 2. The highest BCUT2D eigenvalue weighted by atomic mass is 19.4. The van der Waals surface area contributed by atoms with Gasteiger partial charge >= 0.3 is 12.1 Å². The topological polar surface area (TPSA) is 92.8 Å². The van der Waals surface area contributed by atoms with Crippen LogP contribution in [-0.4, -0.2) is 30.3 Å². The van der Waals surface area contributed by atoms with Crippen LogP contribution in [0.5, 0.6) is 0 Å². The highest BCUT2D eigenvalue weighted by Gasteiger charge is 2.59. The van der Waals surface area contributed by atoms with E-state index in [0.29, 0.717) is 0 Å². The van der Waals surface area contributed by atoms with E-state index < -0.39 is 47.7 Å². The van der Waals surface area contributed by atoms with E-state index in [1.165, 1.54) is 36.4 Å². The molecule has 2 bridgehead atoms. The molecule has 35 heavy (non-hydrogen) atoms. The lowest BCUT2D eigenvalue weighted by Gasteiger charge is -2.18. The zero-order chi connectivity index (χ0) is 24.9. The average molecular weight is 484 g/mol. The predicted molar refractivity (Wildman–Crippen MR) is 117 cm³/mol. The molecule has 2 aromatic rings. The number of imide groups is 1. The number of ether oxygens (including phenoxy) is 1. The molecule has 1 saturated carbocycles. The van der Waals surface area contributed by atoms with Crippen LogP contribution in [-0.2, 0) is 25.3 Å². The van der Waals surface area contributed by atoms with E-state index in [9.17, 15) is 32.3 Å². The van der Waals surface area contributed by atoms with Crippen LogP contribution in [0.2, 0.25) is 0 Å². The molecule has 1 N–H and O–H groups in total. The standard InChI is InChI=1S/C25H19F3N2O5/c26-25(27,28)17-6-1-2-7-18(17)29-19(31)12-35-24(34)15-4-3-5-16(11-15)30-22(32)20-13-8-9-14(10-13)21(20)23(30)33/h1-9,11,13-14,20-21H,10,12H2,(H,29,31)/t13-,14-,20-,21+/m0/s1. The fourth-order valence-corrected chi connectivity index (χ4v) is 5.17. The van der Waals surface area contributed by atoms with Crippen molar-refractivity contribution < 1.29 is 37.1 Å². The molecule has 2 aromatic carbocycles. The largest absolute Gasteiger partial charge is 0.452 e. The Hall–Kier alpha value is -3.95. The second-order valence-electron chi connectivity index (χ2n) is 8.73. The summed E-state index contributed by atoms with van der Waals surface area (Å²) in [7, 11) is 0. The second kappa shape index (κ2) is 8.37. The van der Waals surface area contributed by atoms with Gasteiger partial charge in [0.2, 0.25) is 11.8 Å². The molecule has 1 heterocycles. The first-order valence-electron chi connectivity index (χ1n) is 10.9. The smallest absolute Gasteiger partial charge is 0.418 e. The number of carbonyl (C=O) groups excluding carboxylic acids is 4. The van der Waals surface area contributed by atoms with E-state index in [4.69, 9.17) is 4.74 Å². The molecule has 2 fully saturated rings. The van der Waals surface area contributed by atoms with Crippen molar-refractivity contribution in [3.8, 4) is 0 Å². The minimum atomic E-state index is -4.67. The van der Waals surface area contributed by atoms with Gasteiger partial charge in [0, 0.05) is 0 Å². The van der Waals surface area contributed by atoms with Crippen molar-refractivity contribution in [2.24, 2.45) is 23.7 Å².